The van der Waals surface area contributed by atoms with E-state index >= 15 is 0 Å². The Hall–Kier alpha value is -2.17. The highest BCUT2D eigenvalue weighted by Gasteiger charge is 2.25. The average Bonchev–Trinajstić information content (AvgIpc) is 3.45. The molecule has 1 amide bonds. The molecule has 2 atom stereocenters. The van der Waals surface area contributed by atoms with Crippen LogP contribution in [0.5, 0.6) is 0 Å². The van der Waals surface area contributed by atoms with Gasteiger partial charge in [-0.05, 0) is 38.1 Å². The van der Waals surface area contributed by atoms with Crippen molar-refractivity contribution in [2.75, 3.05) is 11.9 Å². The molecule has 2 unspecified atom stereocenters. The van der Waals surface area contributed by atoms with Crippen LogP contribution in [0.1, 0.15) is 25.5 Å². The Labute approximate surface area is 170 Å². The second-order valence-corrected chi connectivity index (χ2v) is 8.87. The molecule has 1 aliphatic heterocycles. The summed E-state index contributed by atoms with van der Waals surface area (Å²) < 4.78 is 12.9. The zero-order chi connectivity index (χ0) is 19.5. The number of carbonyl (C=O) groups is 1. The molecule has 3 aromatic rings. The molecule has 1 fully saturated rings. The first-order valence-corrected chi connectivity index (χ1v) is 10.9. The summed E-state index contributed by atoms with van der Waals surface area (Å²) in [6.45, 7) is 5.10. The monoisotopic (exact) mass is 419 g/mol. The van der Waals surface area contributed by atoms with Crippen LogP contribution in [0, 0.1) is 6.92 Å². The van der Waals surface area contributed by atoms with Gasteiger partial charge in [0.1, 0.15) is 0 Å². The highest BCUT2D eigenvalue weighted by atomic mass is 32.2. The molecule has 3 aromatic heterocycles. The highest BCUT2D eigenvalue weighted by Crippen LogP contribution is 2.31. The Kier molecular flexibility index (Phi) is 5.79. The van der Waals surface area contributed by atoms with E-state index in [0.717, 1.165) is 30.2 Å². The smallest absolute Gasteiger partial charge is 0.240 e. The van der Waals surface area contributed by atoms with E-state index in [1.54, 1.807) is 24.3 Å². The van der Waals surface area contributed by atoms with Gasteiger partial charge in [-0.15, -0.1) is 21.5 Å². The lowest BCUT2D eigenvalue weighted by Crippen LogP contribution is -2.23. The molecule has 0 saturated carbocycles. The predicted octanol–water partition coefficient (Wildman–Crippen LogP) is 3.60. The summed E-state index contributed by atoms with van der Waals surface area (Å²) in [7, 11) is 0. The van der Waals surface area contributed by atoms with Crippen LogP contribution < -0.4 is 5.32 Å². The fraction of sp³-hybridized carbons (Fsp3) is 0.444. The number of amides is 1. The maximum absolute atomic E-state index is 12.5. The van der Waals surface area contributed by atoms with Crippen molar-refractivity contribution in [3.8, 4) is 10.7 Å². The normalized spacial score (nSPS) is 17.7. The largest absolute Gasteiger partial charge is 0.376 e. The minimum atomic E-state index is -0.381. The highest BCUT2D eigenvalue weighted by molar-refractivity contribution is 8.00. The third kappa shape index (κ3) is 4.29. The SMILES string of the molecule is Cc1cc(NC(=O)C(C)Sc2nnc(-c3cccs3)n2CC2CCCO2)on1. The van der Waals surface area contributed by atoms with Gasteiger partial charge in [0.05, 0.1) is 28.5 Å². The number of hydrogen-bond donors (Lipinski definition) is 1. The van der Waals surface area contributed by atoms with E-state index in [1.165, 1.54) is 11.8 Å². The quantitative estimate of drug-likeness (QED) is 0.585. The minimum Gasteiger partial charge on any atom is -0.376 e. The number of rotatable bonds is 7. The van der Waals surface area contributed by atoms with E-state index in [9.17, 15) is 4.79 Å². The maximum atomic E-state index is 12.5. The van der Waals surface area contributed by atoms with Crippen LogP contribution in [-0.2, 0) is 16.1 Å². The molecule has 0 aliphatic carbocycles. The lowest BCUT2D eigenvalue weighted by molar-refractivity contribution is -0.115. The molecule has 4 rings (SSSR count). The summed E-state index contributed by atoms with van der Waals surface area (Å²) in [5.74, 6) is 0.979. The number of carbonyl (C=O) groups excluding carboxylic acids is 1. The molecule has 0 aromatic carbocycles. The predicted molar refractivity (Wildman–Crippen MR) is 107 cm³/mol. The number of ether oxygens (including phenoxy) is 1. The molecule has 4 heterocycles. The molecule has 1 N–H and O–H groups in total. The van der Waals surface area contributed by atoms with Gasteiger partial charge >= 0.3 is 0 Å². The fourth-order valence-corrected chi connectivity index (χ4v) is 4.55. The van der Waals surface area contributed by atoms with Crippen LogP contribution in [-0.4, -0.2) is 43.8 Å². The van der Waals surface area contributed by atoms with Gasteiger partial charge in [-0.3, -0.25) is 14.7 Å². The van der Waals surface area contributed by atoms with E-state index in [0.29, 0.717) is 23.3 Å². The van der Waals surface area contributed by atoms with E-state index in [4.69, 9.17) is 9.26 Å². The van der Waals surface area contributed by atoms with Crippen LogP contribution in [0.2, 0.25) is 0 Å². The first-order chi connectivity index (χ1) is 13.6. The summed E-state index contributed by atoms with van der Waals surface area (Å²) in [6, 6.07) is 5.70. The third-order valence-electron chi connectivity index (χ3n) is 4.39. The van der Waals surface area contributed by atoms with E-state index in [-0.39, 0.29) is 17.3 Å². The molecule has 8 nitrogen and oxygen atoms in total. The van der Waals surface area contributed by atoms with Gasteiger partial charge in [0.25, 0.3) is 0 Å². The number of aryl methyl sites for hydroxylation is 1. The first kappa shape index (κ1) is 19.2. The van der Waals surface area contributed by atoms with Crippen molar-refractivity contribution in [3.63, 3.8) is 0 Å². The number of nitrogens with zero attached hydrogens (tertiary/aromatic N) is 4. The fourth-order valence-electron chi connectivity index (χ4n) is 2.98. The molecule has 1 saturated heterocycles. The summed E-state index contributed by atoms with van der Waals surface area (Å²) >= 11 is 2.99. The van der Waals surface area contributed by atoms with Gasteiger partial charge in [-0.1, -0.05) is 23.0 Å². The summed E-state index contributed by atoms with van der Waals surface area (Å²) in [6.07, 6.45) is 2.24. The van der Waals surface area contributed by atoms with E-state index in [1.807, 2.05) is 24.4 Å². The van der Waals surface area contributed by atoms with Crippen LogP contribution >= 0.6 is 23.1 Å². The second-order valence-electron chi connectivity index (χ2n) is 6.61. The number of thiophene rings is 1. The van der Waals surface area contributed by atoms with E-state index < -0.39 is 0 Å². The van der Waals surface area contributed by atoms with Crippen molar-refractivity contribution in [2.45, 2.75) is 49.7 Å². The van der Waals surface area contributed by atoms with Gasteiger partial charge < -0.3 is 9.26 Å². The van der Waals surface area contributed by atoms with Crippen molar-refractivity contribution in [1.29, 1.82) is 0 Å². The van der Waals surface area contributed by atoms with Crippen molar-refractivity contribution in [1.82, 2.24) is 19.9 Å². The molecular formula is C18H21N5O3S2. The van der Waals surface area contributed by atoms with E-state index in [2.05, 4.69) is 25.2 Å². The average molecular weight is 420 g/mol. The van der Waals surface area contributed by atoms with Crippen molar-refractivity contribution in [3.05, 3.63) is 29.3 Å². The molecule has 0 spiro atoms. The summed E-state index contributed by atoms with van der Waals surface area (Å²) in [4.78, 5) is 13.6. The summed E-state index contributed by atoms with van der Waals surface area (Å²) in [5.41, 5.74) is 0.715. The molecule has 28 heavy (non-hydrogen) atoms. The number of thioether (sulfide) groups is 1. The Balaban J connectivity index is 1.51. The van der Waals surface area contributed by atoms with Crippen LogP contribution in [0.4, 0.5) is 5.88 Å². The molecule has 1 aliphatic rings. The van der Waals surface area contributed by atoms with Crippen molar-refractivity contribution in [2.24, 2.45) is 0 Å². The maximum Gasteiger partial charge on any atom is 0.240 e. The zero-order valence-corrected chi connectivity index (χ0v) is 17.3. The molecule has 0 bridgehead atoms. The zero-order valence-electron chi connectivity index (χ0n) is 15.6. The van der Waals surface area contributed by atoms with Crippen molar-refractivity contribution >= 4 is 34.9 Å². The minimum absolute atomic E-state index is 0.148. The molecule has 148 valence electrons. The third-order valence-corrected chi connectivity index (χ3v) is 6.34. The van der Waals surface area contributed by atoms with Crippen LogP contribution in [0.25, 0.3) is 10.7 Å². The number of aromatic nitrogens is 4. The van der Waals surface area contributed by atoms with Crippen LogP contribution in [0.15, 0.2) is 33.3 Å². The molecule has 10 heteroatoms. The second kappa shape index (κ2) is 8.46. The van der Waals surface area contributed by atoms with Gasteiger partial charge in [-0.2, -0.15) is 0 Å². The standard InChI is InChI=1S/C18H21N5O3S2/c1-11-9-15(26-22-11)19-17(24)12(2)28-18-21-20-16(14-6-4-8-27-14)23(18)10-13-5-3-7-25-13/h4,6,8-9,12-13H,3,5,7,10H2,1-2H3,(H,19,24). The Morgan fingerprint density at radius 1 is 1.50 bits per heavy atom. The number of nitrogens with one attached hydrogen (secondary N) is 1. The number of anilines is 1. The Morgan fingerprint density at radius 3 is 3.07 bits per heavy atom. The van der Waals surface area contributed by atoms with Crippen molar-refractivity contribution < 1.29 is 14.1 Å². The number of hydrogen-bond acceptors (Lipinski definition) is 8. The van der Waals surface area contributed by atoms with Gasteiger partial charge in [0.15, 0.2) is 11.0 Å². The first-order valence-electron chi connectivity index (χ1n) is 9.09. The lowest BCUT2D eigenvalue weighted by atomic mass is 10.2. The molecule has 0 radical (unpaired) electrons. The lowest BCUT2D eigenvalue weighted by Gasteiger charge is -2.15. The van der Waals surface area contributed by atoms with Gasteiger partial charge in [0.2, 0.25) is 11.8 Å². The Morgan fingerprint density at radius 2 is 2.39 bits per heavy atom. The summed E-state index contributed by atoms with van der Waals surface area (Å²) in [5, 5.41) is 17.6. The van der Waals surface area contributed by atoms with Gasteiger partial charge in [0, 0.05) is 12.7 Å². The topological polar surface area (TPSA) is 95.1 Å². The molecular weight excluding hydrogens is 398 g/mol. The Bertz CT molecular complexity index is 931. The van der Waals surface area contributed by atoms with Gasteiger partial charge in [-0.25, -0.2) is 0 Å². The van der Waals surface area contributed by atoms with Crippen LogP contribution in [0.3, 0.4) is 0 Å².